The quantitative estimate of drug-likeness (QED) is 0.357. The second-order valence-electron chi connectivity index (χ2n) is 6.78. The van der Waals surface area contributed by atoms with Crippen molar-refractivity contribution in [2.75, 3.05) is 19.0 Å². The van der Waals surface area contributed by atoms with Crippen molar-refractivity contribution in [2.24, 2.45) is 0 Å². The molecule has 0 atom stereocenters. The first kappa shape index (κ1) is 27.1. The van der Waals surface area contributed by atoms with Crippen LogP contribution in [0.4, 0.5) is 5.69 Å². The highest BCUT2D eigenvalue weighted by atomic mass is 16.2. The molecule has 0 bridgehead atoms. The zero-order valence-electron chi connectivity index (χ0n) is 19.7. The number of aliphatic hydroxyl groups excluding tert-OH is 1. The van der Waals surface area contributed by atoms with Crippen LogP contribution in [0.15, 0.2) is 59.1 Å². The number of rotatable bonds is 9. The number of nitrogens with one attached hydrogen (secondary N) is 1. The molecule has 1 aliphatic rings. The van der Waals surface area contributed by atoms with E-state index in [2.05, 4.69) is 28.5 Å². The molecular weight excluding hydrogens is 401 g/mol. The minimum atomic E-state index is -0.222. The summed E-state index contributed by atoms with van der Waals surface area (Å²) in [6.45, 7) is 6.64. The molecule has 0 amide bonds. The van der Waals surface area contributed by atoms with E-state index in [9.17, 15) is 9.59 Å². The molecule has 1 aromatic heterocycles. The molecule has 7 heteroatoms. The van der Waals surface area contributed by atoms with E-state index in [0.717, 1.165) is 50.1 Å². The van der Waals surface area contributed by atoms with E-state index in [-0.39, 0.29) is 12.1 Å². The maximum atomic E-state index is 12.8. The van der Waals surface area contributed by atoms with Crippen molar-refractivity contribution >= 4 is 24.7 Å². The molecule has 2 N–H and O–H groups in total. The smallest absolute Gasteiger partial charge is 0.277 e. The SMILES string of the molecule is CC.CO.C[B]c1ccc(-c2ncc(NCCCC3=CCCC=C3)c(=O)n2CC=O)cc1. The average Bonchev–Trinajstić information content (AvgIpc) is 2.87. The Morgan fingerprint density at radius 3 is 2.50 bits per heavy atom. The number of nitrogens with zero attached hydrogens (tertiary/aromatic N) is 2. The van der Waals surface area contributed by atoms with Gasteiger partial charge in [-0.3, -0.25) is 9.36 Å². The molecule has 1 heterocycles. The molecular formula is C25H35BN3O3. The summed E-state index contributed by atoms with van der Waals surface area (Å²) in [6.07, 6.45) is 13.1. The number of carbonyl (C=O) groups is 1. The molecule has 1 aromatic carbocycles. The summed E-state index contributed by atoms with van der Waals surface area (Å²) in [5.41, 5.74) is 3.46. The van der Waals surface area contributed by atoms with E-state index in [4.69, 9.17) is 5.11 Å². The Bertz CT molecular complexity index is 934. The van der Waals surface area contributed by atoms with Gasteiger partial charge in [0.2, 0.25) is 0 Å². The predicted octanol–water partition coefficient (Wildman–Crippen LogP) is 3.59. The standard InChI is InChI=1S/C22H25BN3O2.C2H6.CH4O/c1-23-19-11-9-18(10-12-19)21-25-16-20(22(28)26(21)14-15-27)24-13-5-8-17-6-3-2-4-7-17;2*1-2/h3,6-7,9-12,15-16,24H,2,4-5,8,13-14H2,1H3;1-2H3;2H,1H3. The third-order valence-electron chi connectivity index (χ3n) is 4.84. The maximum absolute atomic E-state index is 12.8. The van der Waals surface area contributed by atoms with Crippen molar-refractivity contribution in [1.82, 2.24) is 9.55 Å². The molecule has 0 saturated heterocycles. The fourth-order valence-corrected chi connectivity index (χ4v) is 3.28. The lowest BCUT2D eigenvalue weighted by Gasteiger charge is -2.13. The Balaban J connectivity index is 0.00000121. The van der Waals surface area contributed by atoms with Gasteiger partial charge in [0.05, 0.1) is 12.7 Å². The highest BCUT2D eigenvalue weighted by molar-refractivity contribution is 6.51. The van der Waals surface area contributed by atoms with Gasteiger partial charge in [-0.15, -0.1) is 0 Å². The summed E-state index contributed by atoms with van der Waals surface area (Å²) < 4.78 is 1.42. The van der Waals surface area contributed by atoms with Crippen molar-refractivity contribution in [3.05, 3.63) is 64.6 Å². The van der Waals surface area contributed by atoms with E-state index >= 15 is 0 Å². The summed E-state index contributed by atoms with van der Waals surface area (Å²) in [6, 6.07) is 7.76. The zero-order chi connectivity index (χ0) is 23.8. The molecule has 0 unspecified atom stereocenters. The molecule has 0 spiro atoms. The number of benzene rings is 1. The number of anilines is 1. The van der Waals surface area contributed by atoms with Gasteiger partial charge in [0.1, 0.15) is 25.1 Å². The third kappa shape index (κ3) is 7.96. The summed E-state index contributed by atoms with van der Waals surface area (Å²) >= 11 is 0. The monoisotopic (exact) mass is 436 g/mol. The van der Waals surface area contributed by atoms with E-state index in [1.165, 1.54) is 10.1 Å². The average molecular weight is 436 g/mol. The van der Waals surface area contributed by atoms with Crippen LogP contribution >= 0.6 is 0 Å². The molecule has 1 radical (unpaired) electrons. The Morgan fingerprint density at radius 2 is 1.91 bits per heavy atom. The van der Waals surface area contributed by atoms with E-state index in [0.29, 0.717) is 18.1 Å². The van der Waals surface area contributed by atoms with Crippen molar-refractivity contribution in [2.45, 2.75) is 52.9 Å². The van der Waals surface area contributed by atoms with Gasteiger partial charge in [0, 0.05) is 19.2 Å². The number of carbonyl (C=O) groups excluding carboxylic acids is 1. The number of hydrogen-bond acceptors (Lipinski definition) is 5. The summed E-state index contributed by atoms with van der Waals surface area (Å²) in [5.74, 6) is 0.503. The molecule has 3 rings (SSSR count). The van der Waals surface area contributed by atoms with Crippen molar-refractivity contribution < 1.29 is 9.90 Å². The lowest BCUT2D eigenvalue weighted by molar-refractivity contribution is -0.108. The number of allylic oxidation sites excluding steroid dienone is 4. The topological polar surface area (TPSA) is 84.2 Å². The van der Waals surface area contributed by atoms with Crippen LogP contribution < -0.4 is 16.3 Å². The van der Waals surface area contributed by atoms with Crippen LogP contribution in [0.1, 0.15) is 39.5 Å². The minimum absolute atomic E-state index is 0.0178. The van der Waals surface area contributed by atoms with Gasteiger partial charge in [0.25, 0.3) is 5.56 Å². The van der Waals surface area contributed by atoms with Gasteiger partial charge in [0.15, 0.2) is 0 Å². The predicted molar refractivity (Wildman–Crippen MR) is 135 cm³/mol. The largest absolute Gasteiger partial charge is 0.400 e. The van der Waals surface area contributed by atoms with Crippen LogP contribution in [-0.4, -0.2) is 41.9 Å². The number of aromatic nitrogens is 2. The number of aldehydes is 1. The summed E-state index contributed by atoms with van der Waals surface area (Å²) in [5, 5.41) is 10.2. The maximum Gasteiger partial charge on any atom is 0.277 e. The molecule has 0 saturated carbocycles. The molecule has 1 aliphatic carbocycles. The molecule has 0 fully saturated rings. The Labute approximate surface area is 192 Å². The highest BCUT2D eigenvalue weighted by Crippen LogP contribution is 2.17. The van der Waals surface area contributed by atoms with E-state index in [1.807, 2.05) is 52.2 Å². The summed E-state index contributed by atoms with van der Waals surface area (Å²) in [7, 11) is 3.00. The Hall–Kier alpha value is -2.93. The van der Waals surface area contributed by atoms with E-state index in [1.54, 1.807) is 6.20 Å². The fraction of sp³-hybridized carbons (Fsp3) is 0.400. The van der Waals surface area contributed by atoms with Gasteiger partial charge in [-0.1, -0.05) is 74.2 Å². The van der Waals surface area contributed by atoms with E-state index < -0.39 is 0 Å². The Morgan fingerprint density at radius 1 is 1.19 bits per heavy atom. The lowest BCUT2D eigenvalue weighted by Crippen LogP contribution is -2.27. The van der Waals surface area contributed by atoms with Crippen LogP contribution in [-0.2, 0) is 11.3 Å². The van der Waals surface area contributed by atoms with Gasteiger partial charge in [-0.25, -0.2) is 4.98 Å². The van der Waals surface area contributed by atoms with Gasteiger partial charge in [-0.05, 0) is 25.7 Å². The first-order chi connectivity index (χ1) is 15.7. The van der Waals surface area contributed by atoms with Gasteiger partial charge >= 0.3 is 0 Å². The molecule has 0 aliphatic heterocycles. The van der Waals surface area contributed by atoms with Crippen LogP contribution in [0.5, 0.6) is 0 Å². The van der Waals surface area contributed by atoms with Crippen molar-refractivity contribution in [3.63, 3.8) is 0 Å². The molecule has 32 heavy (non-hydrogen) atoms. The first-order valence-corrected chi connectivity index (χ1v) is 11.2. The second kappa shape index (κ2) is 15.8. The molecule has 6 nitrogen and oxygen atoms in total. The van der Waals surface area contributed by atoms with Crippen LogP contribution in [0.2, 0.25) is 6.82 Å². The van der Waals surface area contributed by atoms with Gasteiger partial charge in [-0.2, -0.15) is 0 Å². The number of aliphatic hydroxyl groups is 1. The Kier molecular flexibility index (Phi) is 13.4. The van der Waals surface area contributed by atoms with Crippen LogP contribution in [0.25, 0.3) is 11.4 Å². The number of hydrogen-bond donors (Lipinski definition) is 2. The lowest BCUT2D eigenvalue weighted by atomic mass is 9.73. The van der Waals surface area contributed by atoms with Crippen LogP contribution in [0, 0.1) is 0 Å². The second-order valence-corrected chi connectivity index (χ2v) is 6.78. The first-order valence-electron chi connectivity index (χ1n) is 11.2. The van der Waals surface area contributed by atoms with Crippen molar-refractivity contribution in [3.8, 4) is 11.4 Å². The third-order valence-corrected chi connectivity index (χ3v) is 4.84. The minimum Gasteiger partial charge on any atom is -0.400 e. The molecule has 171 valence electrons. The van der Waals surface area contributed by atoms with Gasteiger partial charge < -0.3 is 15.2 Å². The normalized spacial score (nSPS) is 11.8. The molecule has 2 aromatic rings. The summed E-state index contributed by atoms with van der Waals surface area (Å²) in [4.78, 5) is 28.4. The van der Waals surface area contributed by atoms with Crippen molar-refractivity contribution in [1.29, 1.82) is 0 Å². The highest BCUT2D eigenvalue weighted by Gasteiger charge is 2.12. The van der Waals surface area contributed by atoms with Crippen LogP contribution in [0.3, 0.4) is 0 Å². The fourth-order valence-electron chi connectivity index (χ4n) is 3.28. The zero-order valence-corrected chi connectivity index (χ0v) is 19.7.